The van der Waals surface area contributed by atoms with Crippen molar-refractivity contribution in [3.05, 3.63) is 68.8 Å². The molecular weight excluding hydrogens is 371 g/mol. The second-order valence-corrected chi connectivity index (χ2v) is 5.18. The van der Waals surface area contributed by atoms with Crippen LogP contribution in [0.3, 0.4) is 0 Å². The number of nitro benzene ring substituents is 1. The quantitative estimate of drug-likeness (QED) is 0.448. The Balaban J connectivity index is 2.86. The van der Waals surface area contributed by atoms with Gasteiger partial charge in [-0.25, -0.2) is 14.0 Å². The minimum atomic E-state index is -1.00. The Morgan fingerprint density at radius 3 is 2.42 bits per heavy atom. The molecule has 1 heterocycles. The maximum atomic E-state index is 14.0. The first-order valence-electron chi connectivity index (χ1n) is 7.00. The number of rotatable bonds is 4. The van der Waals surface area contributed by atoms with E-state index in [4.69, 9.17) is 11.6 Å². The van der Waals surface area contributed by atoms with Crippen LogP contribution in [-0.2, 0) is 19.1 Å². The number of carbonyl (C=O) groups is 2. The summed E-state index contributed by atoms with van der Waals surface area (Å²) in [4.78, 5) is 35.9. The third-order valence-electron chi connectivity index (χ3n) is 3.37. The topological polar surface area (TPSA) is 99.0 Å². The summed E-state index contributed by atoms with van der Waals surface area (Å²) in [5.74, 6) is -2.84. The minimum Gasteiger partial charge on any atom is -0.465 e. The molecule has 1 aromatic rings. The van der Waals surface area contributed by atoms with Gasteiger partial charge in [0.25, 0.3) is 5.69 Å². The van der Waals surface area contributed by atoms with Crippen LogP contribution in [-0.4, -0.2) is 31.1 Å². The smallest absolute Gasteiger partial charge is 0.355 e. The van der Waals surface area contributed by atoms with Gasteiger partial charge in [0, 0.05) is 12.3 Å². The van der Waals surface area contributed by atoms with Gasteiger partial charge in [0.2, 0.25) is 0 Å². The van der Waals surface area contributed by atoms with Gasteiger partial charge in [-0.2, -0.15) is 0 Å². The van der Waals surface area contributed by atoms with Gasteiger partial charge in [0.15, 0.2) is 0 Å². The van der Waals surface area contributed by atoms with Gasteiger partial charge in [-0.05, 0) is 18.2 Å². The zero-order chi connectivity index (χ0) is 19.4. The van der Waals surface area contributed by atoms with Crippen LogP contribution in [0.4, 0.5) is 15.8 Å². The normalized spacial score (nSPS) is 13.5. The fourth-order valence-corrected chi connectivity index (χ4v) is 2.49. The molecule has 0 bridgehead atoms. The number of benzene rings is 1. The van der Waals surface area contributed by atoms with E-state index in [2.05, 4.69) is 9.47 Å². The van der Waals surface area contributed by atoms with Crippen molar-refractivity contribution in [1.29, 1.82) is 0 Å². The molecule has 8 nitrogen and oxygen atoms in total. The van der Waals surface area contributed by atoms with Crippen molar-refractivity contribution in [3.63, 3.8) is 0 Å². The molecule has 0 fully saturated rings. The van der Waals surface area contributed by atoms with Crippen LogP contribution in [0.15, 0.2) is 47.8 Å². The van der Waals surface area contributed by atoms with Gasteiger partial charge < -0.3 is 14.4 Å². The van der Waals surface area contributed by atoms with Crippen molar-refractivity contribution in [2.24, 2.45) is 0 Å². The number of hydrogen-bond donors (Lipinski definition) is 0. The third kappa shape index (κ3) is 3.42. The molecule has 1 aliphatic heterocycles. The zero-order valence-corrected chi connectivity index (χ0v) is 14.3. The number of esters is 2. The molecule has 0 radical (unpaired) electrons. The van der Waals surface area contributed by atoms with Crippen molar-refractivity contribution in [3.8, 4) is 0 Å². The second-order valence-electron chi connectivity index (χ2n) is 4.80. The van der Waals surface area contributed by atoms with E-state index in [-0.39, 0.29) is 5.57 Å². The van der Waals surface area contributed by atoms with Crippen LogP contribution in [0.2, 0.25) is 5.02 Å². The Bertz CT molecular complexity index is 878. The lowest BCUT2D eigenvalue weighted by molar-refractivity contribution is -0.384. The average molecular weight is 383 g/mol. The van der Waals surface area contributed by atoms with Crippen molar-refractivity contribution < 1.29 is 28.4 Å². The molecule has 26 heavy (non-hydrogen) atoms. The van der Waals surface area contributed by atoms with Gasteiger partial charge in [-0.3, -0.25) is 10.1 Å². The molecule has 0 aromatic heterocycles. The Morgan fingerprint density at radius 1 is 1.19 bits per heavy atom. The number of methoxy groups -OCH3 is 2. The minimum absolute atomic E-state index is 0.251. The van der Waals surface area contributed by atoms with Crippen LogP contribution >= 0.6 is 11.6 Å². The van der Waals surface area contributed by atoms with E-state index in [1.54, 1.807) is 0 Å². The SMILES string of the molecule is COC(=O)C1=C(C(=O)OC)N(c2c([N+](=O)[O-])ccc(F)c2Cl)C=CC=C1. The molecule has 136 valence electrons. The summed E-state index contributed by atoms with van der Waals surface area (Å²) < 4.78 is 23.3. The van der Waals surface area contributed by atoms with Crippen LogP contribution in [0.5, 0.6) is 0 Å². The number of ether oxygens (including phenoxy) is 2. The fourth-order valence-electron chi connectivity index (χ4n) is 2.24. The van der Waals surface area contributed by atoms with Crippen molar-refractivity contribution in [2.45, 2.75) is 0 Å². The molecule has 0 aliphatic carbocycles. The second kappa shape index (κ2) is 7.79. The fraction of sp³-hybridized carbons (Fsp3) is 0.125. The van der Waals surface area contributed by atoms with E-state index in [1.807, 2.05) is 0 Å². The largest absolute Gasteiger partial charge is 0.465 e. The molecule has 0 saturated heterocycles. The van der Waals surface area contributed by atoms with Gasteiger partial charge in [-0.1, -0.05) is 17.7 Å². The summed E-state index contributed by atoms with van der Waals surface area (Å²) in [6, 6.07) is 1.72. The maximum Gasteiger partial charge on any atom is 0.355 e. The first kappa shape index (κ1) is 19.1. The van der Waals surface area contributed by atoms with Crippen LogP contribution in [0.1, 0.15) is 0 Å². The summed E-state index contributed by atoms with van der Waals surface area (Å²) >= 11 is 5.94. The Kier molecular flexibility index (Phi) is 5.73. The monoisotopic (exact) mass is 382 g/mol. The third-order valence-corrected chi connectivity index (χ3v) is 3.73. The van der Waals surface area contributed by atoms with E-state index in [1.165, 1.54) is 24.4 Å². The van der Waals surface area contributed by atoms with E-state index in [9.17, 15) is 24.1 Å². The number of anilines is 1. The highest BCUT2D eigenvalue weighted by atomic mass is 35.5. The molecule has 10 heteroatoms. The van der Waals surface area contributed by atoms with Crippen LogP contribution in [0.25, 0.3) is 0 Å². The summed E-state index contributed by atoms with van der Waals surface area (Å²) in [6.45, 7) is 0. The predicted molar refractivity (Wildman–Crippen MR) is 89.9 cm³/mol. The van der Waals surface area contributed by atoms with Gasteiger partial charge >= 0.3 is 11.9 Å². The summed E-state index contributed by atoms with van der Waals surface area (Å²) in [6.07, 6.45) is 5.25. The molecular formula is C16H12ClFN2O6. The molecule has 0 unspecified atom stereocenters. The predicted octanol–water partition coefficient (Wildman–Crippen LogP) is 2.88. The number of nitro groups is 1. The van der Waals surface area contributed by atoms with Crippen LogP contribution < -0.4 is 4.90 Å². The molecule has 0 saturated carbocycles. The van der Waals surface area contributed by atoms with E-state index in [0.29, 0.717) is 0 Å². The number of hydrogen-bond acceptors (Lipinski definition) is 7. The van der Waals surface area contributed by atoms with Crippen LogP contribution in [0, 0.1) is 15.9 Å². The molecule has 0 spiro atoms. The summed E-state index contributed by atoms with van der Waals surface area (Å²) in [5.41, 5.74) is -1.68. The molecule has 0 N–H and O–H groups in total. The van der Waals surface area contributed by atoms with Gasteiger partial charge in [0.05, 0.1) is 24.7 Å². The first-order valence-corrected chi connectivity index (χ1v) is 7.38. The Hall–Kier alpha value is -3.20. The number of allylic oxidation sites excluding steroid dienone is 2. The molecule has 1 aliphatic rings. The summed E-state index contributed by atoms with van der Waals surface area (Å²) in [7, 11) is 2.15. The first-order chi connectivity index (χ1) is 12.3. The number of halogens is 2. The highest BCUT2D eigenvalue weighted by Crippen LogP contribution is 2.40. The van der Waals surface area contributed by atoms with Gasteiger partial charge in [-0.15, -0.1) is 0 Å². The van der Waals surface area contributed by atoms with E-state index >= 15 is 0 Å². The molecule has 0 atom stereocenters. The lowest BCUT2D eigenvalue weighted by atomic mass is 10.1. The Labute approximate surface area is 151 Å². The lowest BCUT2D eigenvalue weighted by Crippen LogP contribution is -2.27. The molecule has 1 aromatic carbocycles. The Morgan fingerprint density at radius 2 is 1.85 bits per heavy atom. The van der Waals surface area contributed by atoms with E-state index < -0.39 is 44.8 Å². The summed E-state index contributed by atoms with van der Waals surface area (Å²) in [5, 5.41) is 10.8. The highest BCUT2D eigenvalue weighted by Gasteiger charge is 2.33. The van der Waals surface area contributed by atoms with Crippen molar-refractivity contribution in [1.82, 2.24) is 0 Å². The van der Waals surface area contributed by atoms with Crippen molar-refractivity contribution >= 4 is 34.9 Å². The zero-order valence-electron chi connectivity index (χ0n) is 13.6. The van der Waals surface area contributed by atoms with Gasteiger partial charge in [0.1, 0.15) is 22.2 Å². The standard InChI is InChI=1S/C16H12ClFN2O6/c1-25-15(21)9-5-3-4-8-19(13(9)16(22)26-2)14-11(20(23)24)7-6-10(18)12(14)17/h3-8H,1-2H3. The highest BCUT2D eigenvalue weighted by molar-refractivity contribution is 6.34. The molecule has 2 rings (SSSR count). The molecule has 0 amide bonds. The maximum absolute atomic E-state index is 14.0. The lowest BCUT2D eigenvalue weighted by Gasteiger charge is -2.23. The average Bonchev–Trinajstić information content (AvgIpc) is 2.84. The number of nitrogens with zero attached hydrogens (tertiary/aromatic N) is 2. The van der Waals surface area contributed by atoms with Crippen molar-refractivity contribution in [2.75, 3.05) is 19.1 Å². The number of carbonyl (C=O) groups excluding carboxylic acids is 2. The van der Waals surface area contributed by atoms with E-state index in [0.717, 1.165) is 31.3 Å².